The van der Waals surface area contributed by atoms with Crippen molar-refractivity contribution in [3.8, 4) is 17.2 Å². The van der Waals surface area contributed by atoms with Gasteiger partial charge < -0.3 is 14.2 Å². The average Bonchev–Trinajstić information content (AvgIpc) is 3.17. The second kappa shape index (κ2) is 4.60. The molecule has 7 heteroatoms. The molecule has 2 aromatic rings. The minimum atomic E-state index is -0.00614. The molecule has 0 aliphatic carbocycles. The Labute approximate surface area is 120 Å². The monoisotopic (exact) mass is 291 g/mol. The molecule has 0 bridgehead atoms. The molecular weight excluding hydrogens is 278 g/mol. The molecule has 3 heterocycles. The lowest BCUT2D eigenvalue weighted by molar-refractivity contribution is 0.103. The van der Waals surface area contributed by atoms with Crippen molar-refractivity contribution in [1.29, 1.82) is 0 Å². The van der Waals surface area contributed by atoms with Gasteiger partial charge in [0.05, 0.1) is 5.69 Å². The molecule has 1 fully saturated rings. The van der Waals surface area contributed by atoms with Gasteiger partial charge >= 0.3 is 0 Å². The molecule has 20 heavy (non-hydrogen) atoms. The van der Waals surface area contributed by atoms with Crippen LogP contribution in [0.15, 0.2) is 18.2 Å². The Morgan fingerprint density at radius 1 is 1.30 bits per heavy atom. The molecule has 4 rings (SSSR count). The van der Waals surface area contributed by atoms with Gasteiger partial charge in [-0.2, -0.15) is 5.10 Å². The highest BCUT2D eigenvalue weighted by molar-refractivity contribution is 7.71. The van der Waals surface area contributed by atoms with Crippen molar-refractivity contribution in [2.75, 3.05) is 13.4 Å². The minimum Gasteiger partial charge on any atom is -0.454 e. The van der Waals surface area contributed by atoms with E-state index in [-0.39, 0.29) is 12.9 Å². The van der Waals surface area contributed by atoms with Crippen molar-refractivity contribution >= 4 is 12.2 Å². The fraction of sp³-hybridized carbons (Fsp3) is 0.385. The summed E-state index contributed by atoms with van der Waals surface area (Å²) in [6.07, 6.45) is 2.00. The fourth-order valence-electron chi connectivity index (χ4n) is 2.58. The number of aromatic amines is 1. The summed E-state index contributed by atoms with van der Waals surface area (Å²) >= 11 is 5.34. The molecule has 1 aromatic carbocycles. The maximum Gasteiger partial charge on any atom is 0.231 e. The highest BCUT2D eigenvalue weighted by Crippen LogP contribution is 2.35. The number of H-pyrrole nitrogens is 1. The van der Waals surface area contributed by atoms with Gasteiger partial charge in [0.2, 0.25) is 6.79 Å². The van der Waals surface area contributed by atoms with Crippen molar-refractivity contribution in [2.45, 2.75) is 18.9 Å². The van der Waals surface area contributed by atoms with Gasteiger partial charge in [0.15, 0.2) is 22.1 Å². The molecule has 1 aromatic heterocycles. The molecular formula is C13H13N3O3S. The Morgan fingerprint density at radius 3 is 3.05 bits per heavy atom. The van der Waals surface area contributed by atoms with Gasteiger partial charge in [0.25, 0.3) is 0 Å². The zero-order valence-corrected chi connectivity index (χ0v) is 11.5. The number of hydrogen-bond donors (Lipinski definition) is 1. The van der Waals surface area contributed by atoms with E-state index < -0.39 is 0 Å². The van der Waals surface area contributed by atoms with Crippen molar-refractivity contribution in [2.24, 2.45) is 0 Å². The number of benzene rings is 1. The first kappa shape index (κ1) is 11.9. The maximum atomic E-state index is 5.70. The Morgan fingerprint density at radius 2 is 2.20 bits per heavy atom. The number of nitrogens with one attached hydrogen (secondary N) is 1. The molecule has 104 valence electrons. The maximum absolute atomic E-state index is 5.70. The zero-order valence-electron chi connectivity index (χ0n) is 10.7. The first-order valence-corrected chi connectivity index (χ1v) is 6.93. The van der Waals surface area contributed by atoms with Crippen LogP contribution in [0, 0.1) is 4.77 Å². The molecule has 0 amide bonds. The first-order chi connectivity index (χ1) is 9.83. The second-order valence-electron chi connectivity index (χ2n) is 4.76. The second-order valence-corrected chi connectivity index (χ2v) is 5.15. The third-order valence-electron chi connectivity index (χ3n) is 3.53. The summed E-state index contributed by atoms with van der Waals surface area (Å²) in [6, 6.07) is 5.73. The van der Waals surface area contributed by atoms with Gasteiger partial charge in [0, 0.05) is 12.7 Å². The third-order valence-corrected chi connectivity index (χ3v) is 3.80. The van der Waals surface area contributed by atoms with Crippen LogP contribution in [-0.2, 0) is 4.74 Å². The van der Waals surface area contributed by atoms with E-state index in [2.05, 4.69) is 10.2 Å². The van der Waals surface area contributed by atoms with Crippen molar-refractivity contribution in [1.82, 2.24) is 14.8 Å². The number of rotatable bonds is 2. The first-order valence-electron chi connectivity index (χ1n) is 6.52. The molecule has 0 spiro atoms. The van der Waals surface area contributed by atoms with Gasteiger partial charge in [-0.15, -0.1) is 0 Å². The van der Waals surface area contributed by atoms with E-state index in [1.807, 2.05) is 22.8 Å². The van der Waals surface area contributed by atoms with E-state index in [0.29, 0.717) is 4.77 Å². The van der Waals surface area contributed by atoms with E-state index in [1.54, 1.807) is 0 Å². The Kier molecular flexibility index (Phi) is 2.75. The van der Waals surface area contributed by atoms with Crippen LogP contribution in [-0.4, -0.2) is 28.2 Å². The lowest BCUT2D eigenvalue weighted by Crippen LogP contribution is -2.07. The summed E-state index contributed by atoms with van der Waals surface area (Å²) in [5.41, 5.74) is 0.901. The van der Waals surface area contributed by atoms with Gasteiger partial charge in [0.1, 0.15) is 6.10 Å². The number of ether oxygens (including phenoxy) is 3. The highest BCUT2D eigenvalue weighted by Gasteiger charge is 2.25. The number of nitrogens with zero attached hydrogens (tertiary/aromatic N) is 2. The van der Waals surface area contributed by atoms with Crippen LogP contribution in [0.2, 0.25) is 0 Å². The lowest BCUT2D eigenvalue weighted by atomic mass is 10.2. The van der Waals surface area contributed by atoms with Crippen LogP contribution in [0.25, 0.3) is 5.69 Å². The van der Waals surface area contributed by atoms with Crippen LogP contribution in [0.3, 0.4) is 0 Å². The highest BCUT2D eigenvalue weighted by atomic mass is 32.1. The van der Waals surface area contributed by atoms with Crippen LogP contribution in [0.4, 0.5) is 0 Å². The number of fused-ring (bicyclic) bond motifs is 1. The average molecular weight is 291 g/mol. The predicted molar refractivity (Wildman–Crippen MR) is 72.8 cm³/mol. The van der Waals surface area contributed by atoms with E-state index >= 15 is 0 Å². The molecule has 1 N–H and O–H groups in total. The Hall–Kier alpha value is -1.86. The normalized spacial score (nSPS) is 20.5. The van der Waals surface area contributed by atoms with Gasteiger partial charge in [-0.1, -0.05) is 0 Å². The molecule has 1 unspecified atom stereocenters. The summed E-state index contributed by atoms with van der Waals surface area (Å²) in [6.45, 7) is 1.03. The van der Waals surface area contributed by atoms with E-state index in [0.717, 1.165) is 42.5 Å². The summed E-state index contributed by atoms with van der Waals surface area (Å²) in [4.78, 5) is 0. The van der Waals surface area contributed by atoms with Gasteiger partial charge in [-0.25, -0.2) is 0 Å². The van der Waals surface area contributed by atoms with E-state index in [9.17, 15) is 0 Å². The molecule has 1 saturated heterocycles. The SMILES string of the molecule is S=c1[nH]nc(C2CCCO2)n1-c1ccc2c(c1)OCO2. The zero-order chi connectivity index (χ0) is 13.5. The smallest absolute Gasteiger partial charge is 0.231 e. The molecule has 0 radical (unpaired) electrons. The van der Waals surface area contributed by atoms with Crippen molar-refractivity contribution in [3.63, 3.8) is 0 Å². The lowest BCUT2D eigenvalue weighted by Gasteiger charge is -2.12. The topological polar surface area (TPSA) is 61.3 Å². The summed E-state index contributed by atoms with van der Waals surface area (Å²) in [5.74, 6) is 2.29. The quantitative estimate of drug-likeness (QED) is 0.861. The summed E-state index contributed by atoms with van der Waals surface area (Å²) < 4.78 is 18.9. The molecule has 2 aliphatic heterocycles. The van der Waals surface area contributed by atoms with Crippen LogP contribution >= 0.6 is 12.2 Å². The Balaban J connectivity index is 1.81. The van der Waals surface area contributed by atoms with Crippen LogP contribution in [0.5, 0.6) is 11.5 Å². The summed E-state index contributed by atoms with van der Waals surface area (Å²) in [5, 5.41) is 7.16. The molecule has 0 saturated carbocycles. The van der Waals surface area contributed by atoms with E-state index in [1.165, 1.54) is 0 Å². The van der Waals surface area contributed by atoms with E-state index in [4.69, 9.17) is 26.4 Å². The number of hydrogen-bond acceptors (Lipinski definition) is 5. The molecule has 1 atom stereocenters. The third kappa shape index (κ3) is 1.82. The van der Waals surface area contributed by atoms with Crippen LogP contribution < -0.4 is 9.47 Å². The predicted octanol–water partition coefficient (Wildman–Crippen LogP) is 2.51. The Bertz CT molecular complexity index is 703. The standard InChI is InChI=1S/C13H13N3O3S/c20-13-15-14-12(10-2-1-5-17-10)16(13)8-3-4-9-11(6-8)19-7-18-9/h3-4,6,10H,1-2,5,7H2,(H,15,20). The minimum absolute atomic E-state index is 0.00614. The molecule has 6 nitrogen and oxygen atoms in total. The van der Waals surface area contributed by atoms with Gasteiger partial charge in [-0.3, -0.25) is 9.67 Å². The fourth-order valence-corrected chi connectivity index (χ4v) is 2.82. The van der Waals surface area contributed by atoms with Crippen molar-refractivity contribution < 1.29 is 14.2 Å². The largest absolute Gasteiger partial charge is 0.454 e. The molecule has 2 aliphatic rings. The number of aromatic nitrogens is 3. The van der Waals surface area contributed by atoms with Crippen LogP contribution in [0.1, 0.15) is 24.8 Å². The van der Waals surface area contributed by atoms with Crippen molar-refractivity contribution in [3.05, 3.63) is 28.8 Å². The van der Waals surface area contributed by atoms with Gasteiger partial charge in [-0.05, 0) is 37.2 Å². The summed E-state index contributed by atoms with van der Waals surface area (Å²) in [7, 11) is 0.